The Hall–Kier alpha value is -1.52. The summed E-state index contributed by atoms with van der Waals surface area (Å²) in [6, 6.07) is 2.97. The largest absolute Gasteiger partial charge is 0.468 e. The zero-order chi connectivity index (χ0) is 12.6. The van der Waals surface area contributed by atoms with Gasteiger partial charge in [-0.1, -0.05) is 6.07 Å². The summed E-state index contributed by atoms with van der Waals surface area (Å²) in [5.74, 6) is -2.83. The molecule has 0 N–H and O–H groups in total. The third-order valence-electron chi connectivity index (χ3n) is 1.60. The van der Waals surface area contributed by atoms with Gasteiger partial charge in [0, 0.05) is 13.1 Å². The number of halogens is 2. The highest BCUT2D eigenvalue weighted by Gasteiger charge is 2.25. The van der Waals surface area contributed by atoms with Crippen LogP contribution < -0.4 is 0 Å². The molecule has 0 amide bonds. The maximum Gasteiger partial charge on any atom is 0.293 e. The van der Waals surface area contributed by atoms with E-state index in [1.54, 1.807) is 13.0 Å². The third kappa shape index (κ3) is 6.06. The smallest absolute Gasteiger partial charge is 0.293 e. The zero-order valence-electron chi connectivity index (χ0n) is 9.54. The van der Waals surface area contributed by atoms with E-state index in [4.69, 9.17) is 0 Å². The molecule has 0 saturated heterocycles. The Balaban J connectivity index is 0.000000385. The Morgan fingerprint density at radius 3 is 2.38 bits per heavy atom. The van der Waals surface area contributed by atoms with Crippen molar-refractivity contribution >= 4 is 6.47 Å². The highest BCUT2D eigenvalue weighted by atomic mass is 19.3. The van der Waals surface area contributed by atoms with E-state index >= 15 is 0 Å². The van der Waals surface area contributed by atoms with Crippen LogP contribution in [0.3, 0.4) is 0 Å². The fraction of sp³-hybridized carbons (Fsp3) is 0.455. The van der Waals surface area contributed by atoms with Crippen molar-refractivity contribution < 1.29 is 18.3 Å². The van der Waals surface area contributed by atoms with Crippen molar-refractivity contribution in [2.75, 3.05) is 6.61 Å². The number of aromatic nitrogens is 1. The minimum absolute atomic E-state index is 0.178. The van der Waals surface area contributed by atoms with Crippen LogP contribution in [0.2, 0.25) is 0 Å². The van der Waals surface area contributed by atoms with E-state index < -0.39 is 5.92 Å². The Labute approximate surface area is 93.5 Å². The highest BCUT2D eigenvalue weighted by Crippen LogP contribution is 2.24. The van der Waals surface area contributed by atoms with Gasteiger partial charge in [0.1, 0.15) is 5.69 Å². The minimum atomic E-state index is -2.83. The molecule has 0 saturated carbocycles. The molecule has 1 aromatic heterocycles. The van der Waals surface area contributed by atoms with Gasteiger partial charge in [-0.2, -0.15) is 8.78 Å². The van der Waals surface area contributed by atoms with E-state index in [0.717, 1.165) is 12.5 Å². The standard InChI is InChI=1S/C8H9F2N.C3H6O2/c1-6-3-4-7(11-5-6)8(2,9)10;1-2-5-3-4/h3-5H,1-2H3;3H,2H2,1H3. The zero-order valence-corrected chi connectivity index (χ0v) is 9.54. The van der Waals surface area contributed by atoms with Crippen LogP contribution in [-0.4, -0.2) is 18.1 Å². The molecular formula is C11H15F2NO2. The second-order valence-electron chi connectivity index (χ2n) is 3.16. The maximum atomic E-state index is 12.5. The third-order valence-corrected chi connectivity index (χ3v) is 1.60. The first-order valence-corrected chi connectivity index (χ1v) is 4.78. The molecule has 0 unspecified atom stereocenters. The van der Waals surface area contributed by atoms with Gasteiger partial charge in [-0.05, 0) is 25.5 Å². The van der Waals surface area contributed by atoms with Crippen molar-refractivity contribution in [1.29, 1.82) is 0 Å². The van der Waals surface area contributed by atoms with E-state index in [-0.39, 0.29) is 5.69 Å². The number of carbonyl (C=O) groups excluding carboxylic acids is 1. The fourth-order valence-corrected chi connectivity index (χ4v) is 0.796. The van der Waals surface area contributed by atoms with Crippen LogP contribution in [0.5, 0.6) is 0 Å². The predicted molar refractivity (Wildman–Crippen MR) is 56.2 cm³/mol. The van der Waals surface area contributed by atoms with E-state index in [2.05, 4.69) is 9.72 Å². The van der Waals surface area contributed by atoms with Gasteiger partial charge in [-0.3, -0.25) is 9.78 Å². The number of hydrogen-bond donors (Lipinski definition) is 0. The van der Waals surface area contributed by atoms with Crippen LogP contribution in [0.15, 0.2) is 18.3 Å². The molecule has 90 valence electrons. The minimum Gasteiger partial charge on any atom is -0.468 e. The molecule has 0 radical (unpaired) electrons. The molecule has 0 aromatic carbocycles. The van der Waals surface area contributed by atoms with Gasteiger partial charge in [0.15, 0.2) is 0 Å². The number of aryl methyl sites for hydroxylation is 1. The predicted octanol–water partition coefficient (Wildman–Crippen LogP) is 2.68. The summed E-state index contributed by atoms with van der Waals surface area (Å²) in [7, 11) is 0. The highest BCUT2D eigenvalue weighted by molar-refractivity contribution is 5.36. The number of pyridine rings is 1. The van der Waals surface area contributed by atoms with Crippen molar-refractivity contribution in [3.63, 3.8) is 0 Å². The monoisotopic (exact) mass is 231 g/mol. The van der Waals surface area contributed by atoms with Crippen molar-refractivity contribution in [3.8, 4) is 0 Å². The lowest BCUT2D eigenvalue weighted by Gasteiger charge is -2.08. The molecule has 0 atom stereocenters. The van der Waals surface area contributed by atoms with Gasteiger partial charge < -0.3 is 4.74 Å². The summed E-state index contributed by atoms with van der Waals surface area (Å²) in [5, 5.41) is 0. The molecule has 1 rings (SSSR count). The van der Waals surface area contributed by atoms with Crippen LogP contribution in [0.1, 0.15) is 25.1 Å². The van der Waals surface area contributed by atoms with Gasteiger partial charge >= 0.3 is 0 Å². The molecule has 0 aliphatic carbocycles. The molecule has 0 bridgehead atoms. The quantitative estimate of drug-likeness (QED) is 0.751. The molecule has 0 fully saturated rings. The molecule has 0 aliphatic rings. The lowest BCUT2D eigenvalue weighted by atomic mass is 10.2. The molecule has 1 aromatic rings. The van der Waals surface area contributed by atoms with Crippen LogP contribution >= 0.6 is 0 Å². The van der Waals surface area contributed by atoms with Gasteiger partial charge in [-0.15, -0.1) is 0 Å². The van der Waals surface area contributed by atoms with Crippen molar-refractivity contribution in [3.05, 3.63) is 29.6 Å². The SMILES string of the molecule is CCOC=O.Cc1ccc(C(C)(F)F)nc1. The number of carbonyl (C=O) groups is 1. The normalized spacial score (nSPS) is 10.1. The summed E-state index contributed by atoms with van der Waals surface area (Å²) in [5.41, 5.74) is 0.709. The average Bonchev–Trinajstić information content (AvgIpc) is 2.19. The topological polar surface area (TPSA) is 39.2 Å². The Morgan fingerprint density at radius 2 is 2.12 bits per heavy atom. The Bertz CT molecular complexity index is 307. The second-order valence-corrected chi connectivity index (χ2v) is 3.16. The van der Waals surface area contributed by atoms with E-state index in [1.807, 2.05) is 6.92 Å². The molecule has 3 nitrogen and oxygen atoms in total. The number of ether oxygens (including phenoxy) is 1. The summed E-state index contributed by atoms with van der Waals surface area (Å²) in [6.45, 7) is 5.31. The average molecular weight is 231 g/mol. The van der Waals surface area contributed by atoms with Crippen molar-refractivity contribution in [1.82, 2.24) is 4.98 Å². The molecule has 5 heteroatoms. The first kappa shape index (κ1) is 14.5. The fourth-order valence-electron chi connectivity index (χ4n) is 0.796. The molecule has 0 spiro atoms. The molecular weight excluding hydrogens is 216 g/mol. The van der Waals surface area contributed by atoms with Gasteiger partial charge in [0.25, 0.3) is 12.4 Å². The van der Waals surface area contributed by atoms with Gasteiger partial charge in [0.2, 0.25) is 0 Å². The van der Waals surface area contributed by atoms with Crippen LogP contribution in [0.25, 0.3) is 0 Å². The molecule has 0 aliphatic heterocycles. The van der Waals surface area contributed by atoms with Crippen LogP contribution in [0, 0.1) is 6.92 Å². The van der Waals surface area contributed by atoms with Crippen LogP contribution in [-0.2, 0) is 15.5 Å². The van der Waals surface area contributed by atoms with E-state index in [1.165, 1.54) is 12.3 Å². The number of alkyl halides is 2. The second kappa shape index (κ2) is 6.87. The van der Waals surface area contributed by atoms with Gasteiger partial charge in [0.05, 0.1) is 6.61 Å². The summed E-state index contributed by atoms with van der Waals surface area (Å²) in [4.78, 5) is 12.8. The summed E-state index contributed by atoms with van der Waals surface area (Å²) in [6.07, 6.45) is 1.44. The summed E-state index contributed by atoms with van der Waals surface area (Å²) >= 11 is 0. The summed E-state index contributed by atoms with van der Waals surface area (Å²) < 4.78 is 29.2. The number of rotatable bonds is 3. The van der Waals surface area contributed by atoms with Crippen molar-refractivity contribution in [2.45, 2.75) is 26.7 Å². The maximum absolute atomic E-state index is 12.5. The molecule has 16 heavy (non-hydrogen) atoms. The lowest BCUT2D eigenvalue weighted by Crippen LogP contribution is -2.08. The van der Waals surface area contributed by atoms with Crippen LogP contribution in [0.4, 0.5) is 8.78 Å². The first-order valence-electron chi connectivity index (χ1n) is 4.78. The Kier molecular flexibility index (Phi) is 6.22. The van der Waals surface area contributed by atoms with Crippen molar-refractivity contribution in [2.24, 2.45) is 0 Å². The lowest BCUT2D eigenvalue weighted by molar-refractivity contribution is -0.128. The molecule has 1 heterocycles. The van der Waals surface area contributed by atoms with E-state index in [0.29, 0.717) is 13.1 Å². The number of nitrogens with zero attached hydrogens (tertiary/aromatic N) is 1. The first-order chi connectivity index (χ1) is 7.41. The number of hydrogen-bond acceptors (Lipinski definition) is 3. The Morgan fingerprint density at radius 1 is 1.50 bits per heavy atom. The van der Waals surface area contributed by atoms with E-state index in [9.17, 15) is 13.6 Å². The van der Waals surface area contributed by atoms with Gasteiger partial charge in [-0.25, -0.2) is 0 Å².